The molecule has 2 nitrogen and oxygen atoms in total. The molecule has 1 fully saturated rings. The first kappa shape index (κ1) is 7.90. The number of nitrogens with zero attached hydrogens (tertiary/aromatic N) is 1. The van der Waals surface area contributed by atoms with E-state index in [1.807, 2.05) is 24.3 Å². The normalized spacial score (nSPS) is 16.9. The molecule has 1 saturated heterocycles. The molecule has 0 unspecified atom stereocenters. The lowest BCUT2D eigenvalue weighted by molar-refractivity contribution is 0.787. The van der Waals surface area contributed by atoms with Gasteiger partial charge < -0.3 is 5.01 Å². The van der Waals surface area contributed by atoms with E-state index in [-0.39, 0.29) is 0 Å². The summed E-state index contributed by atoms with van der Waals surface area (Å²) in [4.78, 5) is 0. The Morgan fingerprint density at radius 1 is 1.33 bits per heavy atom. The molecule has 12 heavy (non-hydrogen) atoms. The van der Waals surface area contributed by atoms with Gasteiger partial charge >= 0.3 is 0 Å². The molecule has 0 aliphatic carbocycles. The first-order valence-corrected chi connectivity index (χ1v) is 4.51. The maximum absolute atomic E-state index is 6.02. The van der Waals surface area contributed by atoms with Gasteiger partial charge in [-0.1, -0.05) is 23.7 Å². The summed E-state index contributed by atoms with van der Waals surface area (Å²) in [6, 6.07) is 7.89. The third kappa shape index (κ3) is 1.40. The minimum absolute atomic E-state index is 0.812. The van der Waals surface area contributed by atoms with Gasteiger partial charge in [0.15, 0.2) is 0 Å². The van der Waals surface area contributed by atoms with E-state index in [1.165, 1.54) is 6.42 Å². The molecule has 3 heteroatoms. The van der Waals surface area contributed by atoms with Gasteiger partial charge in [-0.25, -0.2) is 5.43 Å². The van der Waals surface area contributed by atoms with Crippen LogP contribution in [-0.4, -0.2) is 13.1 Å². The van der Waals surface area contributed by atoms with Crippen molar-refractivity contribution in [1.82, 2.24) is 5.43 Å². The van der Waals surface area contributed by atoms with Crippen LogP contribution in [0.4, 0.5) is 5.69 Å². The minimum Gasteiger partial charge on any atom is -0.307 e. The summed E-state index contributed by atoms with van der Waals surface area (Å²) < 4.78 is 0. The zero-order chi connectivity index (χ0) is 8.39. The second-order valence-electron chi connectivity index (χ2n) is 2.86. The first-order chi connectivity index (χ1) is 5.88. The Balaban J connectivity index is 2.26. The van der Waals surface area contributed by atoms with Gasteiger partial charge in [-0.2, -0.15) is 0 Å². The highest BCUT2D eigenvalue weighted by atomic mass is 35.5. The fraction of sp³-hybridized carbons (Fsp3) is 0.333. The van der Waals surface area contributed by atoms with Crippen LogP contribution < -0.4 is 10.4 Å². The van der Waals surface area contributed by atoms with Crippen molar-refractivity contribution in [3.63, 3.8) is 0 Å². The lowest BCUT2D eigenvalue weighted by Gasteiger charge is -2.18. The van der Waals surface area contributed by atoms with Crippen LogP contribution in [0.5, 0.6) is 0 Å². The van der Waals surface area contributed by atoms with Crippen LogP contribution in [0, 0.1) is 0 Å². The standard InChI is InChI=1S/C9H11ClN2/c10-8-4-1-2-5-9(8)12-7-3-6-11-12/h1-2,4-5,11H,3,6-7H2. The maximum Gasteiger partial charge on any atom is 0.0705 e. The third-order valence-corrected chi connectivity index (χ3v) is 2.32. The average molecular weight is 183 g/mol. The number of hydrogen-bond acceptors (Lipinski definition) is 2. The third-order valence-electron chi connectivity index (χ3n) is 2.00. The molecule has 0 spiro atoms. The minimum atomic E-state index is 0.812. The Morgan fingerprint density at radius 2 is 2.17 bits per heavy atom. The topological polar surface area (TPSA) is 15.3 Å². The highest BCUT2D eigenvalue weighted by Crippen LogP contribution is 2.24. The highest BCUT2D eigenvalue weighted by molar-refractivity contribution is 6.33. The number of rotatable bonds is 1. The second-order valence-corrected chi connectivity index (χ2v) is 3.27. The van der Waals surface area contributed by atoms with E-state index >= 15 is 0 Å². The van der Waals surface area contributed by atoms with Crippen molar-refractivity contribution in [1.29, 1.82) is 0 Å². The van der Waals surface area contributed by atoms with Crippen molar-refractivity contribution in [3.05, 3.63) is 29.3 Å². The van der Waals surface area contributed by atoms with Crippen LogP contribution in [0.15, 0.2) is 24.3 Å². The summed E-state index contributed by atoms with van der Waals surface area (Å²) in [6.07, 6.45) is 1.19. The van der Waals surface area contributed by atoms with Gasteiger partial charge in [0.2, 0.25) is 0 Å². The fourth-order valence-corrected chi connectivity index (χ4v) is 1.64. The van der Waals surface area contributed by atoms with Crippen LogP contribution in [0.25, 0.3) is 0 Å². The predicted molar refractivity (Wildman–Crippen MR) is 51.4 cm³/mol. The Labute approximate surface area is 77.1 Å². The maximum atomic E-state index is 6.02. The number of benzene rings is 1. The number of hydrazine groups is 1. The van der Waals surface area contributed by atoms with Gasteiger partial charge in [0.25, 0.3) is 0 Å². The second kappa shape index (κ2) is 3.33. The van der Waals surface area contributed by atoms with E-state index in [0.29, 0.717) is 0 Å². The van der Waals surface area contributed by atoms with Crippen LogP contribution in [0.3, 0.4) is 0 Å². The lowest BCUT2D eigenvalue weighted by Crippen LogP contribution is -2.30. The molecule has 0 radical (unpaired) electrons. The van der Waals surface area contributed by atoms with E-state index in [4.69, 9.17) is 11.6 Å². The van der Waals surface area contributed by atoms with Gasteiger partial charge in [-0.05, 0) is 18.6 Å². The molecule has 0 aromatic heterocycles. The SMILES string of the molecule is Clc1ccccc1N1CCCN1. The zero-order valence-corrected chi connectivity index (χ0v) is 7.51. The van der Waals surface area contributed by atoms with Gasteiger partial charge in [0, 0.05) is 13.1 Å². The summed E-state index contributed by atoms with van der Waals surface area (Å²) in [5.74, 6) is 0. The lowest BCUT2D eigenvalue weighted by atomic mass is 10.3. The molecule has 1 heterocycles. The van der Waals surface area contributed by atoms with Gasteiger partial charge in [0.05, 0.1) is 10.7 Å². The van der Waals surface area contributed by atoms with Gasteiger partial charge in [-0.15, -0.1) is 0 Å². The van der Waals surface area contributed by atoms with Crippen LogP contribution in [0.2, 0.25) is 5.02 Å². The Kier molecular flexibility index (Phi) is 2.19. The summed E-state index contributed by atoms with van der Waals surface area (Å²) in [7, 11) is 0. The number of para-hydroxylation sites is 1. The molecule has 1 N–H and O–H groups in total. The molecule has 2 rings (SSSR count). The van der Waals surface area contributed by atoms with Crippen LogP contribution in [0.1, 0.15) is 6.42 Å². The van der Waals surface area contributed by atoms with Crippen molar-refractivity contribution >= 4 is 17.3 Å². The Morgan fingerprint density at radius 3 is 2.83 bits per heavy atom. The van der Waals surface area contributed by atoms with Crippen LogP contribution >= 0.6 is 11.6 Å². The van der Waals surface area contributed by atoms with Crippen molar-refractivity contribution in [2.75, 3.05) is 18.1 Å². The van der Waals surface area contributed by atoms with E-state index in [2.05, 4.69) is 10.4 Å². The van der Waals surface area contributed by atoms with Crippen LogP contribution in [-0.2, 0) is 0 Å². The highest BCUT2D eigenvalue weighted by Gasteiger charge is 2.13. The first-order valence-electron chi connectivity index (χ1n) is 4.13. The van der Waals surface area contributed by atoms with E-state index in [0.717, 1.165) is 23.8 Å². The molecule has 64 valence electrons. The van der Waals surface area contributed by atoms with E-state index < -0.39 is 0 Å². The monoisotopic (exact) mass is 182 g/mol. The molecule has 1 aliphatic heterocycles. The van der Waals surface area contributed by atoms with Gasteiger partial charge in [0.1, 0.15) is 0 Å². The molecule has 0 bridgehead atoms. The average Bonchev–Trinajstić information content (AvgIpc) is 2.57. The van der Waals surface area contributed by atoms with Crippen molar-refractivity contribution in [2.24, 2.45) is 0 Å². The summed E-state index contributed by atoms with van der Waals surface area (Å²) in [5, 5.41) is 2.91. The molecule has 0 amide bonds. The Bertz CT molecular complexity index is 269. The quantitative estimate of drug-likeness (QED) is 0.715. The molecule has 0 atom stereocenters. The van der Waals surface area contributed by atoms with Crippen molar-refractivity contribution in [3.8, 4) is 0 Å². The number of halogens is 1. The molecule has 1 aromatic rings. The zero-order valence-electron chi connectivity index (χ0n) is 6.76. The molecule has 1 aromatic carbocycles. The molecule has 1 aliphatic rings. The number of anilines is 1. The fourth-order valence-electron chi connectivity index (χ4n) is 1.41. The van der Waals surface area contributed by atoms with Gasteiger partial charge in [-0.3, -0.25) is 0 Å². The smallest absolute Gasteiger partial charge is 0.0705 e. The molecule has 0 saturated carbocycles. The predicted octanol–water partition coefficient (Wildman–Crippen LogP) is 2.05. The largest absolute Gasteiger partial charge is 0.307 e. The summed E-state index contributed by atoms with van der Waals surface area (Å²) >= 11 is 6.02. The van der Waals surface area contributed by atoms with E-state index in [9.17, 15) is 0 Å². The summed E-state index contributed by atoms with van der Waals surface area (Å²) in [5.41, 5.74) is 4.34. The summed E-state index contributed by atoms with van der Waals surface area (Å²) in [6.45, 7) is 2.09. The van der Waals surface area contributed by atoms with Crippen molar-refractivity contribution in [2.45, 2.75) is 6.42 Å². The Hall–Kier alpha value is -0.730. The number of hydrogen-bond donors (Lipinski definition) is 1. The van der Waals surface area contributed by atoms with E-state index in [1.54, 1.807) is 0 Å². The van der Waals surface area contributed by atoms with Crippen molar-refractivity contribution < 1.29 is 0 Å². The number of nitrogens with one attached hydrogen (secondary N) is 1. The molecular weight excluding hydrogens is 172 g/mol. The molecular formula is C9H11ClN2.